The van der Waals surface area contributed by atoms with Crippen molar-refractivity contribution in [2.75, 3.05) is 20.6 Å². The van der Waals surface area contributed by atoms with Crippen molar-refractivity contribution < 1.29 is 14.4 Å². The standard InChI is InChI=1S/C29H59NO2/c1-6-9-12-15-18-21-24-27-30(4,5)29(28(31)32,25-22-19-16-13-10-7-2)26-23-20-17-14-11-8-3/h6-27H2,1-5H3/p+1. The van der Waals surface area contributed by atoms with Gasteiger partial charge < -0.3 is 9.59 Å². The van der Waals surface area contributed by atoms with Crippen LogP contribution in [-0.2, 0) is 4.79 Å². The summed E-state index contributed by atoms with van der Waals surface area (Å²) >= 11 is 0. The van der Waals surface area contributed by atoms with Gasteiger partial charge in [-0.1, -0.05) is 117 Å². The SMILES string of the molecule is CCCCCCCCC[N+](C)(C)C(CCCCCCCC)(CCCCCCCC)C(=O)O. The average molecular weight is 455 g/mol. The Labute approximate surface area is 202 Å². The molecular weight excluding hydrogens is 394 g/mol. The van der Waals surface area contributed by atoms with Crippen LogP contribution in [0.15, 0.2) is 0 Å². The first kappa shape index (κ1) is 31.4. The van der Waals surface area contributed by atoms with E-state index in [4.69, 9.17) is 0 Å². The Balaban J connectivity index is 4.91. The molecule has 0 saturated heterocycles. The third-order valence-electron chi connectivity index (χ3n) is 7.77. The van der Waals surface area contributed by atoms with Crippen LogP contribution < -0.4 is 0 Å². The van der Waals surface area contributed by atoms with Crippen molar-refractivity contribution in [2.45, 2.75) is 161 Å². The number of unbranched alkanes of at least 4 members (excludes halogenated alkanes) is 16. The Morgan fingerprint density at radius 2 is 0.875 bits per heavy atom. The summed E-state index contributed by atoms with van der Waals surface area (Å²) in [6.45, 7) is 7.75. The van der Waals surface area contributed by atoms with Gasteiger partial charge in [0, 0.05) is 12.8 Å². The van der Waals surface area contributed by atoms with Crippen LogP contribution in [0.25, 0.3) is 0 Å². The zero-order chi connectivity index (χ0) is 24.1. The van der Waals surface area contributed by atoms with Crippen LogP contribution in [0.2, 0.25) is 0 Å². The van der Waals surface area contributed by atoms with Crippen molar-refractivity contribution in [3.8, 4) is 0 Å². The first-order valence-corrected chi connectivity index (χ1v) is 14.4. The first-order chi connectivity index (χ1) is 15.4. The van der Waals surface area contributed by atoms with E-state index in [1.54, 1.807) is 0 Å². The van der Waals surface area contributed by atoms with Crippen molar-refractivity contribution in [2.24, 2.45) is 0 Å². The lowest BCUT2D eigenvalue weighted by Gasteiger charge is -2.46. The Kier molecular flexibility index (Phi) is 19.5. The second-order valence-corrected chi connectivity index (χ2v) is 10.9. The molecule has 0 unspecified atom stereocenters. The Morgan fingerprint density at radius 1 is 0.562 bits per heavy atom. The molecule has 0 saturated carbocycles. The fourth-order valence-electron chi connectivity index (χ4n) is 5.28. The molecule has 3 nitrogen and oxygen atoms in total. The monoisotopic (exact) mass is 454 g/mol. The molecule has 0 fully saturated rings. The zero-order valence-corrected chi connectivity index (χ0v) is 22.9. The molecule has 0 aromatic carbocycles. The number of aliphatic carboxylic acids is 1. The van der Waals surface area contributed by atoms with Gasteiger partial charge in [0.1, 0.15) is 0 Å². The van der Waals surface area contributed by atoms with Gasteiger partial charge in [-0.15, -0.1) is 0 Å². The molecular formula is C29H60NO2+. The maximum atomic E-state index is 12.8. The summed E-state index contributed by atoms with van der Waals surface area (Å²) in [5, 5.41) is 10.5. The van der Waals surface area contributed by atoms with E-state index >= 15 is 0 Å². The summed E-state index contributed by atoms with van der Waals surface area (Å²) < 4.78 is 0.654. The molecule has 3 heteroatoms. The van der Waals surface area contributed by atoms with Gasteiger partial charge in [0.25, 0.3) is 0 Å². The quantitative estimate of drug-likeness (QED) is 0.117. The minimum atomic E-state index is -0.613. The zero-order valence-electron chi connectivity index (χ0n) is 22.9. The van der Waals surface area contributed by atoms with Crippen LogP contribution in [0.1, 0.15) is 156 Å². The number of hydrogen-bond donors (Lipinski definition) is 1. The lowest BCUT2D eigenvalue weighted by atomic mass is 9.82. The molecule has 0 heterocycles. The topological polar surface area (TPSA) is 37.3 Å². The molecule has 0 aromatic heterocycles. The van der Waals surface area contributed by atoms with Gasteiger partial charge in [0.2, 0.25) is 0 Å². The molecule has 0 atom stereocenters. The minimum absolute atomic E-state index is 0.549. The summed E-state index contributed by atoms with van der Waals surface area (Å²) in [6, 6.07) is 0. The van der Waals surface area contributed by atoms with Crippen molar-refractivity contribution in [1.82, 2.24) is 0 Å². The third-order valence-corrected chi connectivity index (χ3v) is 7.77. The van der Waals surface area contributed by atoms with E-state index in [9.17, 15) is 9.90 Å². The molecule has 0 aliphatic heterocycles. The summed E-state index contributed by atoms with van der Waals surface area (Å²) in [5.41, 5.74) is -0.613. The first-order valence-electron chi connectivity index (χ1n) is 14.4. The molecule has 0 rings (SSSR count). The fourth-order valence-corrected chi connectivity index (χ4v) is 5.28. The molecule has 0 aliphatic carbocycles. The van der Waals surface area contributed by atoms with Crippen molar-refractivity contribution in [1.29, 1.82) is 0 Å². The molecule has 0 amide bonds. The summed E-state index contributed by atoms with van der Waals surface area (Å²) in [5.74, 6) is -0.549. The minimum Gasteiger partial charge on any atom is -0.477 e. The second kappa shape index (κ2) is 19.9. The third kappa shape index (κ3) is 13.2. The number of likely N-dealkylation sites (N-methyl/N-ethyl adjacent to an activating group) is 1. The van der Waals surface area contributed by atoms with Gasteiger partial charge in [-0.05, 0) is 25.7 Å². The van der Waals surface area contributed by atoms with E-state index in [-0.39, 0.29) is 0 Å². The highest BCUT2D eigenvalue weighted by molar-refractivity contribution is 5.77. The Morgan fingerprint density at radius 3 is 1.22 bits per heavy atom. The largest absolute Gasteiger partial charge is 0.477 e. The van der Waals surface area contributed by atoms with Crippen molar-refractivity contribution in [3.05, 3.63) is 0 Å². The number of hydrogen-bond acceptors (Lipinski definition) is 1. The number of carboxylic acid groups (broad SMARTS) is 1. The predicted octanol–water partition coefficient (Wildman–Crippen LogP) is 9.14. The smallest absolute Gasteiger partial charge is 0.365 e. The Hall–Kier alpha value is -0.570. The summed E-state index contributed by atoms with van der Waals surface area (Å²) in [4.78, 5) is 12.8. The Bertz CT molecular complexity index is 417. The van der Waals surface area contributed by atoms with E-state index in [0.29, 0.717) is 4.48 Å². The number of carbonyl (C=O) groups is 1. The van der Waals surface area contributed by atoms with Gasteiger partial charge in [-0.3, -0.25) is 0 Å². The van der Waals surface area contributed by atoms with Crippen LogP contribution in [0.4, 0.5) is 0 Å². The van der Waals surface area contributed by atoms with E-state index < -0.39 is 11.5 Å². The molecule has 1 N–H and O–H groups in total. The van der Waals surface area contributed by atoms with Crippen LogP contribution in [-0.4, -0.2) is 41.7 Å². The highest BCUT2D eigenvalue weighted by atomic mass is 16.4. The van der Waals surface area contributed by atoms with Gasteiger partial charge in [0.05, 0.1) is 20.6 Å². The highest BCUT2D eigenvalue weighted by Crippen LogP contribution is 2.34. The molecule has 32 heavy (non-hydrogen) atoms. The fraction of sp³-hybridized carbons (Fsp3) is 0.966. The van der Waals surface area contributed by atoms with E-state index in [1.807, 2.05) is 0 Å². The molecule has 0 radical (unpaired) electrons. The maximum Gasteiger partial charge on any atom is 0.365 e. The summed E-state index contributed by atoms with van der Waals surface area (Å²) in [7, 11) is 4.42. The predicted molar refractivity (Wildman–Crippen MR) is 141 cm³/mol. The summed E-state index contributed by atoms with van der Waals surface area (Å²) in [6.07, 6.45) is 25.4. The van der Waals surface area contributed by atoms with Crippen LogP contribution in [0.5, 0.6) is 0 Å². The number of quaternary nitrogens is 1. The molecule has 192 valence electrons. The molecule has 0 bridgehead atoms. The van der Waals surface area contributed by atoms with Gasteiger partial charge in [0.15, 0.2) is 5.54 Å². The molecule has 0 aliphatic rings. The van der Waals surface area contributed by atoms with Gasteiger partial charge in [-0.25, -0.2) is 4.79 Å². The highest BCUT2D eigenvalue weighted by Gasteiger charge is 2.51. The van der Waals surface area contributed by atoms with E-state index in [1.165, 1.54) is 103 Å². The van der Waals surface area contributed by atoms with Crippen molar-refractivity contribution in [3.63, 3.8) is 0 Å². The van der Waals surface area contributed by atoms with Crippen LogP contribution >= 0.6 is 0 Å². The van der Waals surface area contributed by atoms with Gasteiger partial charge >= 0.3 is 5.97 Å². The average Bonchev–Trinajstić information content (AvgIpc) is 2.76. The second-order valence-electron chi connectivity index (χ2n) is 10.9. The van der Waals surface area contributed by atoms with Crippen LogP contribution in [0.3, 0.4) is 0 Å². The lowest BCUT2D eigenvalue weighted by Crippen LogP contribution is -2.64. The van der Waals surface area contributed by atoms with E-state index in [2.05, 4.69) is 34.9 Å². The number of carboxylic acids is 1. The number of nitrogens with zero attached hydrogens (tertiary/aromatic N) is 1. The van der Waals surface area contributed by atoms with Gasteiger partial charge in [-0.2, -0.15) is 0 Å². The molecule has 0 spiro atoms. The number of rotatable bonds is 24. The normalized spacial score (nSPS) is 12.4. The van der Waals surface area contributed by atoms with Crippen LogP contribution in [0, 0.1) is 0 Å². The van der Waals surface area contributed by atoms with Crippen molar-refractivity contribution >= 4 is 5.97 Å². The van der Waals surface area contributed by atoms with E-state index in [0.717, 1.165) is 38.6 Å². The maximum absolute atomic E-state index is 12.8. The molecule has 0 aromatic rings. The lowest BCUT2D eigenvalue weighted by molar-refractivity contribution is -0.933.